The van der Waals surface area contributed by atoms with E-state index in [1.54, 1.807) is 0 Å². The lowest BCUT2D eigenvalue weighted by atomic mass is 11.3. The van der Waals surface area contributed by atoms with Gasteiger partial charge in [0.2, 0.25) is 0 Å². The van der Waals surface area contributed by atoms with Crippen molar-refractivity contribution in [3.63, 3.8) is 0 Å². The molecule has 2 heteroatoms. The Balaban J connectivity index is 0. The molecule has 0 saturated heterocycles. The molecule has 0 rings (SSSR count). The zero-order valence-corrected chi connectivity index (χ0v) is 2.81. The van der Waals surface area contributed by atoms with E-state index >= 15 is 0 Å². The van der Waals surface area contributed by atoms with Crippen LogP contribution in [0.2, 0.25) is 0 Å². The molecule has 0 amide bonds. The summed E-state index contributed by atoms with van der Waals surface area (Å²) < 4.78 is 0. The molecule has 5 heavy (non-hydrogen) atoms. The van der Waals surface area contributed by atoms with Crippen molar-refractivity contribution in [2.75, 3.05) is 0 Å². The van der Waals surface area contributed by atoms with Crippen LogP contribution in [-0.2, 0) is 0 Å². The fourth-order valence-electron chi connectivity index (χ4n) is 0. The Labute approximate surface area is 31.0 Å². The van der Waals surface area contributed by atoms with Crippen LogP contribution in [-0.4, -0.2) is 5.11 Å². The summed E-state index contributed by atoms with van der Waals surface area (Å²) in [5.41, 5.74) is 0. The Morgan fingerprint density at radius 2 is 1.60 bits per heavy atom. The van der Waals surface area contributed by atoms with Gasteiger partial charge >= 0.3 is 0 Å². The lowest BCUT2D eigenvalue weighted by Crippen LogP contribution is -1.27. The summed E-state index contributed by atoms with van der Waals surface area (Å²) in [7, 11) is 0. The lowest BCUT2D eigenvalue weighted by Gasteiger charge is -1.25. The maximum absolute atomic E-state index is 6.88. The van der Waals surface area contributed by atoms with Crippen molar-refractivity contribution >= 4 is 0 Å². The van der Waals surface area contributed by atoms with E-state index in [0.717, 1.165) is 6.26 Å². The highest BCUT2D eigenvalue weighted by Gasteiger charge is 1.16. The molecule has 0 aliphatic rings. The van der Waals surface area contributed by atoms with E-state index < -0.39 is 0 Å². The van der Waals surface area contributed by atoms with Crippen LogP contribution in [0.15, 0.2) is 13.2 Å². The summed E-state index contributed by atoms with van der Waals surface area (Å²) >= 11 is 0. The molecular formula is C3H5NO. The van der Waals surface area contributed by atoms with E-state index in [4.69, 9.17) is 10.4 Å². The predicted octanol–water partition coefficient (Wildman–Crippen LogP) is 0.642. The summed E-state index contributed by atoms with van der Waals surface area (Å²) in [6, 6.07) is 0. The van der Waals surface area contributed by atoms with E-state index in [-0.39, 0.29) is 0 Å². The van der Waals surface area contributed by atoms with Gasteiger partial charge in [0.05, 0.1) is 0 Å². The molecule has 0 heterocycles. The van der Waals surface area contributed by atoms with Gasteiger partial charge < -0.3 is 5.11 Å². The highest BCUT2D eigenvalue weighted by Crippen LogP contribution is 1.06. The Bertz CT molecular complexity index is 36.6. The molecule has 0 saturated carbocycles. The average molecular weight is 71.1 g/mol. The van der Waals surface area contributed by atoms with E-state index in [2.05, 4.69) is 13.2 Å². The summed E-state index contributed by atoms with van der Waals surface area (Å²) in [5.74, 6) is 0. The van der Waals surface area contributed by atoms with Crippen LogP contribution in [0.4, 0.5) is 0 Å². The molecule has 0 fully saturated rings. The summed E-state index contributed by atoms with van der Waals surface area (Å²) in [6.45, 7) is 6.00. The van der Waals surface area contributed by atoms with Gasteiger partial charge in [-0.2, -0.15) is 5.26 Å². The summed E-state index contributed by atoms with van der Waals surface area (Å²) in [4.78, 5) is 0. The van der Waals surface area contributed by atoms with Gasteiger partial charge in [-0.05, 0) is 0 Å². The zero-order valence-electron chi connectivity index (χ0n) is 2.81. The molecule has 0 unspecified atom stereocenters. The number of aliphatic hydroxyl groups is 1. The standard InChI is InChI=1S/C2H4.CHNO/c1-2;2-1-3/h1-2H2;3H. The van der Waals surface area contributed by atoms with Gasteiger partial charge in [0.1, 0.15) is 0 Å². The molecule has 0 atom stereocenters. The first kappa shape index (κ1) is 8.98. The van der Waals surface area contributed by atoms with Crippen molar-refractivity contribution in [2.24, 2.45) is 0 Å². The first-order valence-electron chi connectivity index (χ1n) is 0.947. The topological polar surface area (TPSA) is 44.0 Å². The molecule has 0 aromatic rings. The second kappa shape index (κ2) is 13900. The molecule has 0 aromatic carbocycles. The zero-order chi connectivity index (χ0) is 4.71. The van der Waals surface area contributed by atoms with Crippen LogP contribution < -0.4 is 0 Å². The summed E-state index contributed by atoms with van der Waals surface area (Å²) in [6.07, 6.45) is 0.750. The molecule has 2 nitrogen and oxygen atoms in total. The molecule has 0 aliphatic carbocycles. The average Bonchev–Trinajstić information content (AvgIpc) is 1.46. The monoisotopic (exact) mass is 71.0 g/mol. The predicted molar refractivity (Wildman–Crippen MR) is 18.8 cm³/mol. The van der Waals surface area contributed by atoms with Crippen molar-refractivity contribution in [1.29, 1.82) is 5.26 Å². The SMILES string of the molecule is C=C.N#CO. The minimum absolute atomic E-state index is 0.750. The van der Waals surface area contributed by atoms with Crippen LogP contribution in [0.3, 0.4) is 0 Å². The molecule has 28 valence electrons. The highest BCUT2D eigenvalue weighted by molar-refractivity contribution is 4.30. The number of nitrogens with zero attached hydrogens (tertiary/aromatic N) is 1. The van der Waals surface area contributed by atoms with Crippen LogP contribution in [0, 0.1) is 11.5 Å². The minimum atomic E-state index is 0.750. The molecule has 0 spiro atoms. The molecule has 0 radical (unpaired) electrons. The smallest absolute Gasteiger partial charge is 0.283 e. The van der Waals surface area contributed by atoms with E-state index in [1.165, 1.54) is 0 Å². The van der Waals surface area contributed by atoms with Crippen molar-refractivity contribution in [2.45, 2.75) is 0 Å². The normalized spacial score (nSPS) is 2.20. The van der Waals surface area contributed by atoms with Gasteiger partial charge in [0, 0.05) is 0 Å². The first-order valence-corrected chi connectivity index (χ1v) is 0.947. The third-order valence-corrected chi connectivity index (χ3v) is 0. The van der Waals surface area contributed by atoms with Gasteiger partial charge in [0.15, 0.2) is 0 Å². The van der Waals surface area contributed by atoms with Gasteiger partial charge in [-0.25, -0.2) is 0 Å². The molecule has 0 aliphatic heterocycles. The Hall–Kier alpha value is -0.970. The number of rotatable bonds is 0. The van der Waals surface area contributed by atoms with E-state index in [1.807, 2.05) is 0 Å². The van der Waals surface area contributed by atoms with Gasteiger partial charge in [-0.1, -0.05) is 0 Å². The fourth-order valence-corrected chi connectivity index (χ4v) is 0. The van der Waals surface area contributed by atoms with Crippen LogP contribution in [0.5, 0.6) is 0 Å². The second-order valence-electron chi connectivity index (χ2n) is 0.100. The third kappa shape index (κ3) is 3.42. The maximum atomic E-state index is 6.88. The Morgan fingerprint density at radius 3 is 1.60 bits per heavy atom. The van der Waals surface area contributed by atoms with Crippen LogP contribution >= 0.6 is 0 Å². The van der Waals surface area contributed by atoms with Gasteiger partial charge in [-0.15, -0.1) is 13.2 Å². The van der Waals surface area contributed by atoms with Crippen molar-refractivity contribution < 1.29 is 5.11 Å². The van der Waals surface area contributed by atoms with E-state index in [9.17, 15) is 0 Å². The summed E-state index contributed by atoms with van der Waals surface area (Å²) in [5, 5.41) is 13.8. The lowest BCUT2D eigenvalue weighted by molar-refractivity contribution is 0.503. The third-order valence-electron chi connectivity index (χ3n) is 0. The van der Waals surface area contributed by atoms with Crippen LogP contribution in [0.1, 0.15) is 0 Å². The molecule has 0 bridgehead atoms. The number of aliphatic hydroxyl groups excluding tert-OH is 1. The van der Waals surface area contributed by atoms with E-state index in [0.29, 0.717) is 0 Å². The molecular weight excluding hydrogens is 66.0 g/mol. The second-order valence-corrected chi connectivity index (χ2v) is 0.100. The van der Waals surface area contributed by atoms with Crippen molar-refractivity contribution in [1.82, 2.24) is 0 Å². The maximum Gasteiger partial charge on any atom is 0.283 e. The van der Waals surface area contributed by atoms with Crippen LogP contribution in [0.25, 0.3) is 0 Å². The van der Waals surface area contributed by atoms with Gasteiger partial charge in [0.25, 0.3) is 6.26 Å². The number of hydrogen-bond donors (Lipinski definition) is 1. The number of hydrogen-bond acceptors (Lipinski definition) is 2. The number of nitriles is 1. The van der Waals surface area contributed by atoms with Crippen molar-refractivity contribution in [3.05, 3.63) is 13.2 Å². The fraction of sp³-hybridized carbons (Fsp3) is 0. The minimum Gasteiger partial charge on any atom is -0.443 e. The Morgan fingerprint density at radius 1 is 1.60 bits per heavy atom. The van der Waals surface area contributed by atoms with Gasteiger partial charge in [-0.3, -0.25) is 0 Å². The first-order chi connectivity index (χ1) is 2.41. The quantitative estimate of drug-likeness (QED) is 0.336. The highest BCUT2D eigenvalue weighted by atomic mass is 16.2. The molecule has 1 N–H and O–H groups in total. The largest absolute Gasteiger partial charge is 0.443 e. The molecule has 0 aromatic heterocycles. The Kier molecular flexibility index (Phi) is 24900. The van der Waals surface area contributed by atoms with Crippen molar-refractivity contribution in [3.8, 4) is 6.26 Å².